The lowest BCUT2D eigenvalue weighted by Crippen LogP contribution is -2.45. The first kappa shape index (κ1) is 30.2. The molecule has 7 heteroatoms. The third-order valence-electron chi connectivity index (χ3n) is 7.18. The molecular weight excluding hydrogens is 500 g/mol. The molecule has 0 radical (unpaired) electrons. The van der Waals surface area contributed by atoms with Crippen molar-refractivity contribution in [3.63, 3.8) is 0 Å². The number of Topliss-reactive ketones (excluding diaryl/α,β-unsaturated/α-hetero) is 1. The number of aliphatic carboxylic acids is 1. The monoisotopic (exact) mass is 544 g/mol. The van der Waals surface area contributed by atoms with E-state index in [0.29, 0.717) is 19.3 Å². The highest BCUT2D eigenvalue weighted by Gasteiger charge is 2.46. The topological polar surface area (TPSA) is 80.7 Å². The number of alkyl halides is 1. The normalized spacial score (nSPS) is 21.8. The van der Waals surface area contributed by atoms with Crippen LogP contribution in [-0.4, -0.2) is 42.4 Å². The van der Waals surface area contributed by atoms with Crippen LogP contribution in [-0.2, 0) is 18.8 Å². The van der Waals surface area contributed by atoms with Crippen molar-refractivity contribution >= 4 is 41.8 Å². The summed E-state index contributed by atoms with van der Waals surface area (Å²) in [5.41, 5.74) is 0. The van der Waals surface area contributed by atoms with Gasteiger partial charge in [-0.25, -0.2) is 0 Å². The van der Waals surface area contributed by atoms with E-state index in [1.54, 1.807) is 6.08 Å². The van der Waals surface area contributed by atoms with Gasteiger partial charge in [-0.05, 0) is 49.9 Å². The summed E-state index contributed by atoms with van der Waals surface area (Å²) in [4.78, 5) is 36.1. The van der Waals surface area contributed by atoms with Gasteiger partial charge in [0.05, 0.1) is 6.10 Å². The Morgan fingerprint density at radius 1 is 1.06 bits per heavy atom. The van der Waals surface area contributed by atoms with Gasteiger partial charge in [0.25, 0.3) is 0 Å². The van der Waals surface area contributed by atoms with Crippen LogP contribution in [0, 0.1) is 11.8 Å². The zero-order valence-corrected chi connectivity index (χ0v) is 23.9. The summed E-state index contributed by atoms with van der Waals surface area (Å²) in [5.74, 6) is -0.562. The highest BCUT2D eigenvalue weighted by molar-refractivity contribution is 9.09. The van der Waals surface area contributed by atoms with E-state index in [2.05, 4.69) is 49.8 Å². The van der Waals surface area contributed by atoms with Gasteiger partial charge in [-0.1, -0.05) is 68.5 Å². The predicted octanol–water partition coefficient (Wildman–Crippen LogP) is 7.09. The molecule has 1 N–H and O–H groups in total. The van der Waals surface area contributed by atoms with Crippen LogP contribution in [0.15, 0.2) is 12.2 Å². The quantitative estimate of drug-likeness (QED) is 0.0970. The average Bonchev–Trinajstić information content (AvgIpc) is 2.98. The van der Waals surface area contributed by atoms with Crippen LogP contribution in [0.1, 0.15) is 91.4 Å². The molecule has 0 amide bonds. The molecule has 1 aliphatic rings. The van der Waals surface area contributed by atoms with Crippen molar-refractivity contribution < 1.29 is 23.9 Å². The standard InChI is InChI=1S/C26H45BrO5Si/c1-26(2,3)33(4,5)32-24-19-23(29)21(14-10-6-7-11-15-25(30)31)22(24)17-16-20(28)13-9-8-12-18-27/h16-17,21-22,24H,6-15,18-19H2,1-5H3,(H,30,31)/t21-,22-,24-/m1/s1. The van der Waals surface area contributed by atoms with Gasteiger partial charge in [0.15, 0.2) is 14.1 Å². The van der Waals surface area contributed by atoms with E-state index in [0.717, 1.165) is 50.3 Å². The smallest absolute Gasteiger partial charge is 0.303 e. The molecule has 0 heterocycles. The van der Waals surface area contributed by atoms with Gasteiger partial charge in [0.2, 0.25) is 0 Å². The van der Waals surface area contributed by atoms with Gasteiger partial charge in [-0.2, -0.15) is 0 Å². The number of carboxylic acids is 1. The van der Waals surface area contributed by atoms with E-state index >= 15 is 0 Å². The van der Waals surface area contributed by atoms with E-state index in [1.807, 2.05) is 6.08 Å². The highest BCUT2D eigenvalue weighted by atomic mass is 79.9. The van der Waals surface area contributed by atoms with Crippen molar-refractivity contribution in [3.05, 3.63) is 12.2 Å². The lowest BCUT2D eigenvalue weighted by Gasteiger charge is -2.39. The summed E-state index contributed by atoms with van der Waals surface area (Å²) in [6.45, 7) is 11.0. The average molecular weight is 546 g/mol. The van der Waals surface area contributed by atoms with Gasteiger partial charge in [0, 0.05) is 36.4 Å². The van der Waals surface area contributed by atoms with Crippen LogP contribution < -0.4 is 0 Å². The molecule has 0 saturated heterocycles. The summed E-state index contributed by atoms with van der Waals surface area (Å²) >= 11 is 3.42. The van der Waals surface area contributed by atoms with Crippen molar-refractivity contribution in [2.75, 3.05) is 5.33 Å². The Morgan fingerprint density at radius 3 is 2.27 bits per heavy atom. The second-order valence-electron chi connectivity index (χ2n) is 10.9. The van der Waals surface area contributed by atoms with Crippen molar-refractivity contribution in [2.45, 2.75) is 116 Å². The Hall–Kier alpha value is -0.793. The molecule has 0 unspecified atom stereocenters. The maximum atomic E-state index is 13.0. The molecule has 0 aromatic heterocycles. The number of allylic oxidation sites excluding steroid dienone is 1. The number of carbonyl (C=O) groups is 3. The summed E-state index contributed by atoms with van der Waals surface area (Å²) in [6.07, 6.45) is 11.8. The van der Waals surface area contributed by atoms with Crippen LogP contribution in [0.2, 0.25) is 18.1 Å². The van der Waals surface area contributed by atoms with Gasteiger partial charge in [0.1, 0.15) is 5.78 Å². The van der Waals surface area contributed by atoms with Crippen LogP contribution >= 0.6 is 15.9 Å². The maximum Gasteiger partial charge on any atom is 0.303 e. The fourth-order valence-electron chi connectivity index (χ4n) is 4.11. The molecule has 1 saturated carbocycles. The molecule has 0 aromatic carbocycles. The predicted molar refractivity (Wildman–Crippen MR) is 140 cm³/mol. The fourth-order valence-corrected chi connectivity index (χ4v) is 5.86. The van der Waals surface area contributed by atoms with E-state index in [9.17, 15) is 14.4 Å². The first-order valence-electron chi connectivity index (χ1n) is 12.6. The number of carboxylic acid groups (broad SMARTS) is 1. The third kappa shape index (κ3) is 11.0. The molecule has 1 aliphatic carbocycles. The molecule has 0 aliphatic heterocycles. The summed E-state index contributed by atoms with van der Waals surface area (Å²) in [6, 6.07) is 0. The largest absolute Gasteiger partial charge is 0.481 e. The Kier molecular flexibility index (Phi) is 13.4. The van der Waals surface area contributed by atoms with E-state index in [-0.39, 0.29) is 41.0 Å². The highest BCUT2D eigenvalue weighted by Crippen LogP contribution is 2.43. The summed E-state index contributed by atoms with van der Waals surface area (Å²) in [7, 11) is -2.05. The molecule has 1 fully saturated rings. The molecular formula is C26H45BrO5Si. The zero-order chi connectivity index (χ0) is 25.1. The lowest BCUT2D eigenvalue weighted by molar-refractivity contribution is -0.137. The fraction of sp³-hybridized carbons (Fsp3) is 0.808. The first-order valence-corrected chi connectivity index (χ1v) is 16.6. The van der Waals surface area contributed by atoms with Crippen molar-refractivity contribution in [1.29, 1.82) is 0 Å². The van der Waals surface area contributed by atoms with Crippen molar-refractivity contribution in [2.24, 2.45) is 11.8 Å². The molecule has 0 aromatic rings. The molecule has 190 valence electrons. The van der Waals surface area contributed by atoms with Crippen molar-refractivity contribution in [3.8, 4) is 0 Å². The number of halogens is 1. The number of hydrogen-bond donors (Lipinski definition) is 1. The summed E-state index contributed by atoms with van der Waals surface area (Å²) < 4.78 is 6.68. The number of hydrogen-bond acceptors (Lipinski definition) is 4. The van der Waals surface area contributed by atoms with Crippen LogP contribution in [0.5, 0.6) is 0 Å². The first-order chi connectivity index (χ1) is 15.4. The van der Waals surface area contributed by atoms with Crippen molar-refractivity contribution in [1.82, 2.24) is 0 Å². The Labute approximate surface area is 210 Å². The number of ketones is 2. The second-order valence-corrected chi connectivity index (χ2v) is 16.5. The van der Waals surface area contributed by atoms with Gasteiger partial charge >= 0.3 is 5.97 Å². The Morgan fingerprint density at radius 2 is 1.67 bits per heavy atom. The van der Waals surface area contributed by atoms with E-state index < -0.39 is 14.3 Å². The molecule has 5 nitrogen and oxygen atoms in total. The number of rotatable bonds is 16. The molecule has 0 bridgehead atoms. The van der Waals surface area contributed by atoms with E-state index in [1.165, 1.54) is 0 Å². The second kappa shape index (κ2) is 14.6. The minimum atomic E-state index is -2.05. The number of carbonyl (C=O) groups excluding carboxylic acids is 2. The Balaban J connectivity index is 2.82. The third-order valence-corrected chi connectivity index (χ3v) is 12.2. The summed E-state index contributed by atoms with van der Waals surface area (Å²) in [5, 5.41) is 9.80. The molecule has 0 spiro atoms. The number of unbranched alkanes of at least 4 members (excludes halogenated alkanes) is 5. The van der Waals surface area contributed by atoms with Gasteiger partial charge < -0.3 is 9.53 Å². The van der Waals surface area contributed by atoms with Crippen LogP contribution in [0.4, 0.5) is 0 Å². The molecule has 33 heavy (non-hydrogen) atoms. The van der Waals surface area contributed by atoms with Crippen LogP contribution in [0.3, 0.4) is 0 Å². The maximum absolute atomic E-state index is 13.0. The minimum absolute atomic E-state index is 0.0534. The molecule has 1 rings (SSSR count). The molecule has 3 atom stereocenters. The SMILES string of the molecule is CC(C)(C)[Si](C)(C)O[C@@H]1CC(=O)[C@H](CCCCCCC(=O)O)[C@H]1C=CC(=O)CCCCCBr. The van der Waals surface area contributed by atoms with Crippen LogP contribution in [0.25, 0.3) is 0 Å². The van der Waals surface area contributed by atoms with E-state index in [4.69, 9.17) is 9.53 Å². The zero-order valence-electron chi connectivity index (χ0n) is 21.3. The van der Waals surface area contributed by atoms with Gasteiger partial charge in [-0.15, -0.1) is 0 Å². The lowest BCUT2D eigenvalue weighted by atomic mass is 9.88. The Bertz CT molecular complexity index is 668. The minimum Gasteiger partial charge on any atom is -0.481 e. The van der Waals surface area contributed by atoms with Gasteiger partial charge in [-0.3, -0.25) is 14.4 Å².